The molecule has 10 nitrogen and oxygen atoms in total. The third kappa shape index (κ3) is 3.88. The van der Waals surface area contributed by atoms with Gasteiger partial charge in [-0.3, -0.25) is 4.79 Å². The molecule has 10 heteroatoms. The maximum atomic E-state index is 13.1. The first kappa shape index (κ1) is 22.3. The van der Waals surface area contributed by atoms with Crippen molar-refractivity contribution in [2.75, 3.05) is 19.5 Å². The number of hydrogen-bond donors (Lipinski definition) is 3. The Bertz CT molecular complexity index is 1320. The van der Waals surface area contributed by atoms with Crippen molar-refractivity contribution in [3.05, 3.63) is 42.4 Å². The summed E-state index contributed by atoms with van der Waals surface area (Å²) in [5.74, 6) is 1.24. The first-order valence-corrected chi connectivity index (χ1v) is 11.4. The van der Waals surface area contributed by atoms with Gasteiger partial charge in [-0.15, -0.1) is 0 Å². The lowest BCUT2D eigenvalue weighted by Crippen LogP contribution is -2.51. The van der Waals surface area contributed by atoms with E-state index in [1.807, 2.05) is 29.0 Å². The number of hydrogen-bond acceptors (Lipinski definition) is 7. The lowest BCUT2D eigenvalue weighted by Gasteiger charge is -2.35. The van der Waals surface area contributed by atoms with E-state index >= 15 is 0 Å². The summed E-state index contributed by atoms with van der Waals surface area (Å²) in [6, 6.07) is 5.79. The number of ether oxygens (including phenoxy) is 1. The summed E-state index contributed by atoms with van der Waals surface area (Å²) < 4.78 is 8.96. The average Bonchev–Trinajstić information content (AvgIpc) is 3.40. The molecule has 1 aliphatic carbocycles. The van der Waals surface area contributed by atoms with Gasteiger partial charge in [0.15, 0.2) is 5.65 Å². The second kappa shape index (κ2) is 8.37. The highest BCUT2D eigenvalue weighted by molar-refractivity contribution is 6.00. The van der Waals surface area contributed by atoms with Crippen molar-refractivity contribution in [2.45, 2.75) is 51.0 Å². The van der Waals surface area contributed by atoms with Gasteiger partial charge in [-0.25, -0.2) is 9.97 Å². The second-order valence-electron chi connectivity index (χ2n) is 9.36. The zero-order chi connectivity index (χ0) is 24.0. The molecule has 3 N–H and O–H groups in total. The van der Waals surface area contributed by atoms with Crippen LogP contribution in [-0.4, -0.2) is 67.1 Å². The van der Waals surface area contributed by atoms with E-state index < -0.39 is 5.60 Å². The zero-order valence-electron chi connectivity index (χ0n) is 19.7. The third-order valence-corrected chi connectivity index (χ3v) is 6.28. The number of rotatable bonds is 7. The number of aliphatic hydroxyl groups is 1. The maximum absolute atomic E-state index is 13.1. The molecule has 34 heavy (non-hydrogen) atoms. The summed E-state index contributed by atoms with van der Waals surface area (Å²) in [6.45, 7) is 3.94. The van der Waals surface area contributed by atoms with E-state index in [0.29, 0.717) is 29.3 Å². The molecule has 5 rings (SSSR count). The Balaban J connectivity index is 1.54. The summed E-state index contributed by atoms with van der Waals surface area (Å²) in [4.78, 5) is 22.5. The summed E-state index contributed by atoms with van der Waals surface area (Å²) >= 11 is 0. The van der Waals surface area contributed by atoms with Crippen LogP contribution in [0.3, 0.4) is 0 Å². The molecular formula is C24H29N7O3. The summed E-state index contributed by atoms with van der Waals surface area (Å²) in [7, 11) is 3.46. The number of pyridine rings is 1. The van der Waals surface area contributed by atoms with E-state index in [9.17, 15) is 9.90 Å². The van der Waals surface area contributed by atoms with E-state index in [4.69, 9.17) is 9.72 Å². The molecule has 0 bridgehead atoms. The van der Waals surface area contributed by atoms with Gasteiger partial charge in [-0.1, -0.05) is 0 Å². The number of fused-ring (bicyclic) bond motifs is 2. The topological polar surface area (TPSA) is 119 Å². The standard InChI is InChI=1S/C24H29N7O3/c1-24(2,33)13-30-9-5-6-14-15(11-26-21(14)30)18-10-20(25-3)31-22(28-18)16(12-27-31)23(32)29-17-7-8-19(17)34-4/h5-6,9-12,17,19,25,33H,7-8,13H2,1-4H3,(H,29,32)/t17?,19-/m1/s1. The molecule has 2 aliphatic heterocycles. The number of methoxy groups -OCH3 is 1. The first-order valence-electron chi connectivity index (χ1n) is 11.4. The quantitative estimate of drug-likeness (QED) is 0.385. The van der Waals surface area contributed by atoms with Crippen molar-refractivity contribution in [1.29, 1.82) is 0 Å². The van der Waals surface area contributed by atoms with Crippen LogP contribution in [0.1, 0.15) is 37.0 Å². The Morgan fingerprint density at radius 1 is 1.29 bits per heavy atom. The van der Waals surface area contributed by atoms with Crippen LogP contribution in [0.15, 0.2) is 36.8 Å². The molecule has 3 aliphatic rings. The molecule has 4 heterocycles. The highest BCUT2D eigenvalue weighted by Crippen LogP contribution is 2.34. The van der Waals surface area contributed by atoms with Gasteiger partial charge >= 0.3 is 0 Å². The number of anilines is 1. The highest BCUT2D eigenvalue weighted by atomic mass is 16.5. The molecule has 2 aromatic rings. The lowest BCUT2D eigenvalue weighted by molar-refractivity contribution is 0.00732. The van der Waals surface area contributed by atoms with Crippen LogP contribution in [0.5, 0.6) is 0 Å². The molecule has 0 spiro atoms. The number of carbonyl (C=O) groups is 1. The van der Waals surface area contributed by atoms with Crippen molar-refractivity contribution in [3.8, 4) is 22.6 Å². The van der Waals surface area contributed by atoms with Crippen molar-refractivity contribution < 1.29 is 14.6 Å². The minimum atomic E-state index is -0.878. The van der Waals surface area contributed by atoms with Gasteiger partial charge in [-0.2, -0.15) is 9.61 Å². The van der Waals surface area contributed by atoms with Crippen LogP contribution in [-0.2, 0) is 11.3 Å². The van der Waals surface area contributed by atoms with E-state index in [1.54, 1.807) is 44.9 Å². The fraction of sp³-hybridized carbons (Fsp3) is 0.417. The molecule has 0 aromatic carbocycles. The van der Waals surface area contributed by atoms with Crippen LogP contribution in [0.2, 0.25) is 0 Å². The first-order chi connectivity index (χ1) is 16.3. The van der Waals surface area contributed by atoms with Crippen LogP contribution in [0.4, 0.5) is 5.82 Å². The Morgan fingerprint density at radius 3 is 2.79 bits per heavy atom. The van der Waals surface area contributed by atoms with Crippen molar-refractivity contribution in [3.63, 3.8) is 0 Å². The Hall–Kier alpha value is -3.50. The molecule has 1 unspecified atom stereocenters. The maximum Gasteiger partial charge on any atom is 0.257 e. The molecule has 2 atom stereocenters. The summed E-state index contributed by atoms with van der Waals surface area (Å²) in [5.41, 5.74) is 2.41. The van der Waals surface area contributed by atoms with Crippen LogP contribution in [0, 0.1) is 0 Å². The van der Waals surface area contributed by atoms with Gasteiger partial charge in [-0.05, 0) is 38.8 Å². The number of nitrogens with zero attached hydrogens (tertiary/aromatic N) is 5. The molecule has 1 saturated carbocycles. The highest BCUT2D eigenvalue weighted by Gasteiger charge is 2.33. The fourth-order valence-electron chi connectivity index (χ4n) is 4.44. The van der Waals surface area contributed by atoms with Gasteiger partial charge < -0.3 is 25.0 Å². The SMILES string of the molecule is CNc1cc(-c2cnc3n(CC(C)(C)O)cccc2-3)nc2c(C(=O)NC3CC[C@H]3OC)cnn12. The minimum absolute atomic E-state index is 0.00570. The van der Waals surface area contributed by atoms with Crippen LogP contribution >= 0.6 is 0 Å². The smallest absolute Gasteiger partial charge is 0.257 e. The van der Waals surface area contributed by atoms with Gasteiger partial charge in [0.25, 0.3) is 5.91 Å². The number of aromatic nitrogens is 5. The predicted octanol–water partition coefficient (Wildman–Crippen LogP) is 2.42. The van der Waals surface area contributed by atoms with Crippen molar-refractivity contribution in [2.24, 2.45) is 0 Å². The Kier molecular flexibility index (Phi) is 5.49. The predicted molar refractivity (Wildman–Crippen MR) is 128 cm³/mol. The Morgan fingerprint density at radius 2 is 2.12 bits per heavy atom. The van der Waals surface area contributed by atoms with Crippen molar-refractivity contribution >= 4 is 17.4 Å². The molecule has 1 fully saturated rings. The normalized spacial score (nSPS) is 18.3. The molecule has 2 aromatic heterocycles. The Labute approximate surface area is 197 Å². The van der Waals surface area contributed by atoms with E-state index in [-0.39, 0.29) is 18.1 Å². The van der Waals surface area contributed by atoms with Gasteiger partial charge in [0.1, 0.15) is 17.2 Å². The lowest BCUT2D eigenvalue weighted by atomic mass is 9.89. The third-order valence-electron chi connectivity index (χ3n) is 6.28. The van der Waals surface area contributed by atoms with E-state index in [0.717, 1.165) is 29.8 Å². The molecule has 0 saturated heterocycles. The molecule has 0 radical (unpaired) electrons. The molecular weight excluding hydrogens is 434 g/mol. The second-order valence-corrected chi connectivity index (χ2v) is 9.36. The number of nitrogens with one attached hydrogen (secondary N) is 2. The largest absolute Gasteiger partial charge is 0.389 e. The van der Waals surface area contributed by atoms with E-state index in [1.165, 1.54) is 0 Å². The van der Waals surface area contributed by atoms with Gasteiger partial charge in [0, 0.05) is 43.7 Å². The van der Waals surface area contributed by atoms with Crippen LogP contribution in [0.25, 0.3) is 28.3 Å². The monoisotopic (exact) mass is 463 g/mol. The molecule has 1 amide bonds. The number of amides is 1. The van der Waals surface area contributed by atoms with E-state index in [2.05, 4.69) is 20.7 Å². The summed E-state index contributed by atoms with van der Waals surface area (Å²) in [5, 5.41) is 20.9. The van der Waals surface area contributed by atoms with Crippen LogP contribution < -0.4 is 10.6 Å². The zero-order valence-corrected chi connectivity index (χ0v) is 19.7. The minimum Gasteiger partial charge on any atom is -0.389 e. The van der Waals surface area contributed by atoms with Gasteiger partial charge in [0.2, 0.25) is 0 Å². The van der Waals surface area contributed by atoms with Crippen molar-refractivity contribution in [1.82, 2.24) is 29.5 Å². The van der Waals surface area contributed by atoms with Gasteiger partial charge in [0.05, 0.1) is 36.2 Å². The number of carbonyl (C=O) groups excluding carboxylic acids is 1. The average molecular weight is 464 g/mol. The fourth-order valence-corrected chi connectivity index (χ4v) is 4.44. The molecule has 178 valence electrons. The summed E-state index contributed by atoms with van der Waals surface area (Å²) in [6.07, 6.45) is 7.09.